The van der Waals surface area contributed by atoms with Gasteiger partial charge >= 0.3 is 0 Å². The van der Waals surface area contributed by atoms with Gasteiger partial charge in [-0.25, -0.2) is 14.4 Å². The van der Waals surface area contributed by atoms with Gasteiger partial charge in [-0.15, -0.1) is 0 Å². The van der Waals surface area contributed by atoms with Gasteiger partial charge in [0.2, 0.25) is 0 Å². The Hall–Kier alpha value is -1.92. The van der Waals surface area contributed by atoms with Gasteiger partial charge in [-0.1, -0.05) is 11.6 Å². The van der Waals surface area contributed by atoms with Crippen LogP contribution in [0.15, 0.2) is 24.3 Å². The first-order valence-corrected chi connectivity index (χ1v) is 6.13. The molecule has 0 aliphatic rings. The summed E-state index contributed by atoms with van der Waals surface area (Å²) in [7, 11) is 2.95. The molecule has 0 aliphatic heterocycles. The highest BCUT2D eigenvalue weighted by molar-refractivity contribution is 6.29. The van der Waals surface area contributed by atoms with Crippen LogP contribution in [0.4, 0.5) is 15.9 Å². The lowest BCUT2D eigenvalue weighted by atomic mass is 10.3. The second-order valence-corrected chi connectivity index (χ2v) is 4.29. The highest BCUT2D eigenvalue weighted by atomic mass is 35.5. The molecule has 1 aromatic heterocycles. The van der Waals surface area contributed by atoms with Crippen LogP contribution in [0.5, 0.6) is 5.75 Å². The fourth-order valence-corrected chi connectivity index (χ4v) is 1.82. The number of aromatic nitrogens is 2. The van der Waals surface area contributed by atoms with Gasteiger partial charge in [-0.3, -0.25) is 0 Å². The fraction of sp³-hybridized carbons (Fsp3) is 0.231. The van der Waals surface area contributed by atoms with Crippen LogP contribution >= 0.6 is 11.6 Å². The Labute approximate surface area is 120 Å². The first-order valence-electron chi connectivity index (χ1n) is 5.75. The molecule has 0 aliphatic carbocycles. The van der Waals surface area contributed by atoms with Gasteiger partial charge in [0.05, 0.1) is 7.11 Å². The summed E-state index contributed by atoms with van der Waals surface area (Å²) in [6.07, 6.45) is 0. The van der Waals surface area contributed by atoms with Crippen molar-refractivity contribution in [2.45, 2.75) is 6.61 Å². The van der Waals surface area contributed by atoms with Crippen LogP contribution < -0.4 is 10.1 Å². The van der Waals surface area contributed by atoms with Gasteiger partial charge in [0, 0.05) is 24.9 Å². The number of benzene rings is 1. The third-order valence-electron chi connectivity index (χ3n) is 2.44. The molecule has 0 spiro atoms. The maximum absolute atomic E-state index is 13.6. The van der Waals surface area contributed by atoms with Crippen LogP contribution in [0.3, 0.4) is 0 Å². The van der Waals surface area contributed by atoms with Gasteiger partial charge in [0.25, 0.3) is 0 Å². The van der Waals surface area contributed by atoms with Crippen molar-refractivity contribution in [3.8, 4) is 5.75 Å². The number of hydrogen-bond acceptors (Lipinski definition) is 5. The number of anilines is 2. The van der Waals surface area contributed by atoms with Crippen LogP contribution in [-0.4, -0.2) is 24.2 Å². The SMILES string of the molecule is COCc1nc(Cl)cc(Nc2ccc(OC)c(F)c2)n1. The van der Waals surface area contributed by atoms with E-state index >= 15 is 0 Å². The van der Waals surface area contributed by atoms with E-state index in [1.165, 1.54) is 26.4 Å². The number of halogens is 2. The quantitative estimate of drug-likeness (QED) is 0.859. The molecule has 20 heavy (non-hydrogen) atoms. The highest BCUT2D eigenvalue weighted by Crippen LogP contribution is 2.23. The minimum atomic E-state index is -0.463. The molecule has 1 N–H and O–H groups in total. The zero-order valence-electron chi connectivity index (χ0n) is 11.0. The molecule has 0 amide bonds. The van der Waals surface area contributed by atoms with E-state index in [2.05, 4.69) is 15.3 Å². The number of rotatable bonds is 5. The Kier molecular flexibility index (Phi) is 4.70. The second-order valence-electron chi connectivity index (χ2n) is 3.90. The maximum atomic E-state index is 13.6. The van der Waals surface area contributed by atoms with Gasteiger partial charge in [-0.05, 0) is 12.1 Å². The van der Waals surface area contributed by atoms with Gasteiger partial charge < -0.3 is 14.8 Å². The van der Waals surface area contributed by atoms with Crippen LogP contribution in [0, 0.1) is 5.82 Å². The van der Waals surface area contributed by atoms with Crippen LogP contribution in [0.25, 0.3) is 0 Å². The molecule has 0 fully saturated rings. The van der Waals surface area contributed by atoms with Crippen molar-refractivity contribution in [2.75, 3.05) is 19.5 Å². The van der Waals surface area contributed by atoms with Crippen molar-refractivity contribution in [2.24, 2.45) is 0 Å². The summed E-state index contributed by atoms with van der Waals surface area (Å²) in [5.74, 6) is 0.615. The van der Waals surface area contributed by atoms with Crippen molar-refractivity contribution < 1.29 is 13.9 Å². The van der Waals surface area contributed by atoms with E-state index in [0.717, 1.165) is 0 Å². The average Bonchev–Trinajstić information content (AvgIpc) is 2.38. The monoisotopic (exact) mass is 297 g/mol. The van der Waals surface area contributed by atoms with Crippen LogP contribution in [0.2, 0.25) is 5.15 Å². The molecule has 2 aromatic rings. The Balaban J connectivity index is 2.23. The molecule has 0 saturated carbocycles. The topological polar surface area (TPSA) is 56.3 Å². The first kappa shape index (κ1) is 14.5. The number of ether oxygens (including phenoxy) is 2. The van der Waals surface area contributed by atoms with Gasteiger partial charge in [0.1, 0.15) is 17.6 Å². The van der Waals surface area contributed by atoms with E-state index in [-0.39, 0.29) is 17.5 Å². The van der Waals surface area contributed by atoms with Crippen LogP contribution in [0.1, 0.15) is 5.82 Å². The van der Waals surface area contributed by atoms with Crippen molar-refractivity contribution in [1.29, 1.82) is 0 Å². The molecule has 7 heteroatoms. The van der Waals surface area contributed by atoms with Crippen molar-refractivity contribution in [3.05, 3.63) is 41.1 Å². The zero-order valence-corrected chi connectivity index (χ0v) is 11.7. The predicted octanol–water partition coefficient (Wildman–Crippen LogP) is 3.17. The summed E-state index contributed by atoms with van der Waals surface area (Å²) in [4.78, 5) is 8.21. The Bertz CT molecular complexity index is 610. The standard InChI is InChI=1S/C13H13ClFN3O2/c1-19-7-13-17-11(14)6-12(18-13)16-8-3-4-10(20-2)9(15)5-8/h3-6H,7H2,1-2H3,(H,16,17,18). The van der Waals surface area contributed by atoms with E-state index in [0.29, 0.717) is 17.3 Å². The van der Waals surface area contributed by atoms with Crippen molar-refractivity contribution >= 4 is 23.1 Å². The summed E-state index contributed by atoms with van der Waals surface area (Å²) in [5, 5.41) is 3.23. The summed E-state index contributed by atoms with van der Waals surface area (Å²) >= 11 is 5.89. The minimum absolute atomic E-state index is 0.177. The van der Waals surface area contributed by atoms with E-state index in [4.69, 9.17) is 21.1 Å². The fourth-order valence-electron chi connectivity index (χ4n) is 1.61. The molecular weight excluding hydrogens is 285 g/mol. The molecular formula is C13H13ClFN3O2. The first-order chi connectivity index (χ1) is 9.62. The van der Waals surface area contributed by atoms with Gasteiger partial charge in [0.15, 0.2) is 17.4 Å². The number of methoxy groups -OCH3 is 2. The molecule has 2 rings (SSSR count). The molecule has 1 heterocycles. The summed E-state index contributed by atoms with van der Waals surface area (Å²) < 4.78 is 23.4. The Morgan fingerprint density at radius 1 is 1.25 bits per heavy atom. The van der Waals surface area contributed by atoms with Gasteiger partial charge in [-0.2, -0.15) is 0 Å². The maximum Gasteiger partial charge on any atom is 0.167 e. The Morgan fingerprint density at radius 3 is 2.70 bits per heavy atom. The largest absolute Gasteiger partial charge is 0.494 e. The third-order valence-corrected chi connectivity index (χ3v) is 2.63. The summed E-state index contributed by atoms with van der Waals surface area (Å²) in [5.41, 5.74) is 0.529. The van der Waals surface area contributed by atoms with E-state index in [1.807, 2.05) is 0 Å². The summed E-state index contributed by atoms with van der Waals surface area (Å²) in [6, 6.07) is 6.05. The zero-order chi connectivity index (χ0) is 14.5. The van der Waals surface area contributed by atoms with E-state index in [1.54, 1.807) is 12.1 Å². The number of nitrogens with one attached hydrogen (secondary N) is 1. The third kappa shape index (κ3) is 3.55. The minimum Gasteiger partial charge on any atom is -0.494 e. The lowest BCUT2D eigenvalue weighted by molar-refractivity contribution is 0.178. The molecule has 0 bridgehead atoms. The highest BCUT2D eigenvalue weighted by Gasteiger charge is 2.06. The molecule has 0 unspecified atom stereocenters. The summed E-state index contributed by atoms with van der Waals surface area (Å²) in [6.45, 7) is 0.242. The normalized spacial score (nSPS) is 10.4. The number of nitrogens with zero attached hydrogens (tertiary/aromatic N) is 2. The average molecular weight is 298 g/mol. The second kappa shape index (κ2) is 6.49. The molecule has 0 saturated heterocycles. The smallest absolute Gasteiger partial charge is 0.167 e. The van der Waals surface area contributed by atoms with Crippen molar-refractivity contribution in [3.63, 3.8) is 0 Å². The number of hydrogen-bond donors (Lipinski definition) is 1. The van der Waals surface area contributed by atoms with Crippen molar-refractivity contribution in [1.82, 2.24) is 9.97 Å². The molecule has 1 aromatic carbocycles. The molecule has 0 radical (unpaired) electrons. The predicted molar refractivity (Wildman–Crippen MR) is 74.0 cm³/mol. The van der Waals surface area contributed by atoms with E-state index in [9.17, 15) is 4.39 Å². The van der Waals surface area contributed by atoms with E-state index < -0.39 is 5.82 Å². The van der Waals surface area contributed by atoms with Crippen LogP contribution in [-0.2, 0) is 11.3 Å². The molecule has 106 valence electrons. The lowest BCUT2D eigenvalue weighted by Crippen LogP contribution is -2.02. The molecule has 0 atom stereocenters. The lowest BCUT2D eigenvalue weighted by Gasteiger charge is -2.09. The Morgan fingerprint density at radius 2 is 2.05 bits per heavy atom. The molecule has 5 nitrogen and oxygen atoms in total.